The van der Waals surface area contributed by atoms with Crippen LogP contribution < -0.4 is 11.1 Å². The number of nitrogens with two attached hydrogens (primary N) is 1. The summed E-state index contributed by atoms with van der Waals surface area (Å²) in [4.78, 5) is 5.66. The van der Waals surface area contributed by atoms with E-state index in [-0.39, 0.29) is 0 Å². The highest BCUT2D eigenvalue weighted by molar-refractivity contribution is 7.11. The molecule has 1 aliphatic carbocycles. The van der Waals surface area contributed by atoms with Crippen LogP contribution >= 0.6 is 11.3 Å². The van der Waals surface area contributed by atoms with Crippen molar-refractivity contribution >= 4 is 11.3 Å². The van der Waals surface area contributed by atoms with Crippen LogP contribution in [0.1, 0.15) is 35.6 Å². The number of hydrogen-bond acceptors (Lipinski definition) is 4. The summed E-state index contributed by atoms with van der Waals surface area (Å²) in [6.45, 7) is 5.04. The second-order valence-electron chi connectivity index (χ2n) is 5.12. The molecule has 1 aromatic rings. The van der Waals surface area contributed by atoms with Crippen molar-refractivity contribution in [2.75, 3.05) is 13.1 Å². The fourth-order valence-corrected chi connectivity index (χ4v) is 3.29. The van der Waals surface area contributed by atoms with Crippen LogP contribution in [0.2, 0.25) is 0 Å². The zero-order valence-corrected chi connectivity index (χ0v) is 11.4. The molecule has 1 aliphatic rings. The van der Waals surface area contributed by atoms with Gasteiger partial charge in [-0.25, -0.2) is 4.98 Å². The summed E-state index contributed by atoms with van der Waals surface area (Å²) in [5, 5.41) is 4.74. The molecule has 0 saturated heterocycles. The Bertz CT molecular complexity index is 329. The van der Waals surface area contributed by atoms with Crippen molar-refractivity contribution in [1.82, 2.24) is 10.3 Å². The second kappa shape index (κ2) is 6.47. The first-order valence-electron chi connectivity index (χ1n) is 6.60. The summed E-state index contributed by atoms with van der Waals surface area (Å²) >= 11 is 1.79. The summed E-state index contributed by atoms with van der Waals surface area (Å²) in [5.41, 5.74) is 5.70. The molecule has 0 spiro atoms. The SMILES string of the molecule is Cc1cnc(CNCC2CCC(CN)CC2)s1. The highest BCUT2D eigenvalue weighted by Crippen LogP contribution is 2.27. The van der Waals surface area contributed by atoms with Gasteiger partial charge in [0, 0.05) is 17.6 Å². The molecule has 1 aromatic heterocycles. The van der Waals surface area contributed by atoms with E-state index < -0.39 is 0 Å². The monoisotopic (exact) mass is 253 g/mol. The van der Waals surface area contributed by atoms with E-state index in [2.05, 4.69) is 17.2 Å². The fourth-order valence-electron chi connectivity index (χ4n) is 2.54. The molecule has 0 bridgehead atoms. The molecule has 0 aromatic carbocycles. The van der Waals surface area contributed by atoms with Crippen molar-refractivity contribution in [3.63, 3.8) is 0 Å². The highest BCUT2D eigenvalue weighted by Gasteiger charge is 2.19. The van der Waals surface area contributed by atoms with Crippen molar-refractivity contribution in [3.05, 3.63) is 16.1 Å². The number of aromatic nitrogens is 1. The molecule has 0 aliphatic heterocycles. The average Bonchev–Trinajstić information content (AvgIpc) is 2.76. The van der Waals surface area contributed by atoms with Crippen molar-refractivity contribution < 1.29 is 0 Å². The first kappa shape index (κ1) is 13.0. The highest BCUT2D eigenvalue weighted by atomic mass is 32.1. The standard InChI is InChI=1S/C13H23N3S/c1-10-7-16-13(17-10)9-15-8-12-4-2-11(6-14)3-5-12/h7,11-12,15H,2-6,8-9,14H2,1H3. The van der Waals surface area contributed by atoms with Crippen LogP contribution in [-0.2, 0) is 6.54 Å². The summed E-state index contributed by atoms with van der Waals surface area (Å²) in [5.74, 6) is 1.63. The summed E-state index contributed by atoms with van der Waals surface area (Å²) < 4.78 is 0. The Morgan fingerprint density at radius 3 is 2.65 bits per heavy atom. The Balaban J connectivity index is 1.63. The third kappa shape index (κ3) is 4.05. The summed E-state index contributed by atoms with van der Waals surface area (Å²) in [6, 6.07) is 0. The lowest BCUT2D eigenvalue weighted by atomic mass is 9.82. The number of nitrogens with zero attached hydrogens (tertiary/aromatic N) is 1. The van der Waals surface area contributed by atoms with E-state index >= 15 is 0 Å². The van der Waals surface area contributed by atoms with Gasteiger partial charge in [0.2, 0.25) is 0 Å². The first-order chi connectivity index (χ1) is 8.28. The van der Waals surface area contributed by atoms with E-state index in [1.165, 1.54) is 35.6 Å². The molecule has 0 radical (unpaired) electrons. The van der Waals surface area contributed by atoms with Gasteiger partial charge in [-0.3, -0.25) is 0 Å². The number of hydrogen-bond donors (Lipinski definition) is 2. The van der Waals surface area contributed by atoms with Crippen LogP contribution in [-0.4, -0.2) is 18.1 Å². The van der Waals surface area contributed by atoms with Crippen molar-refractivity contribution in [2.24, 2.45) is 17.6 Å². The molecule has 1 saturated carbocycles. The van der Waals surface area contributed by atoms with Gasteiger partial charge in [0.05, 0.1) is 0 Å². The molecule has 3 N–H and O–H groups in total. The lowest BCUT2D eigenvalue weighted by molar-refractivity contribution is 0.272. The lowest BCUT2D eigenvalue weighted by Gasteiger charge is -2.27. The quantitative estimate of drug-likeness (QED) is 0.846. The van der Waals surface area contributed by atoms with E-state index in [9.17, 15) is 0 Å². The average molecular weight is 253 g/mol. The largest absolute Gasteiger partial charge is 0.330 e. The third-order valence-corrected chi connectivity index (χ3v) is 4.59. The van der Waals surface area contributed by atoms with Gasteiger partial charge in [-0.2, -0.15) is 0 Å². The van der Waals surface area contributed by atoms with Crippen LogP contribution in [0.4, 0.5) is 0 Å². The van der Waals surface area contributed by atoms with E-state index in [1.807, 2.05) is 6.20 Å². The van der Waals surface area contributed by atoms with Crippen LogP contribution in [0, 0.1) is 18.8 Å². The third-order valence-electron chi connectivity index (χ3n) is 3.68. The van der Waals surface area contributed by atoms with Crippen molar-refractivity contribution in [2.45, 2.75) is 39.2 Å². The molecule has 3 nitrogen and oxygen atoms in total. The molecule has 2 rings (SSSR count). The minimum absolute atomic E-state index is 0.785. The molecule has 1 fully saturated rings. The van der Waals surface area contributed by atoms with Gasteiger partial charge in [-0.05, 0) is 57.5 Å². The van der Waals surface area contributed by atoms with Crippen LogP contribution in [0.15, 0.2) is 6.20 Å². The zero-order chi connectivity index (χ0) is 12.1. The normalized spacial score (nSPS) is 25.1. The van der Waals surface area contributed by atoms with E-state index in [1.54, 1.807) is 11.3 Å². The number of thiazole rings is 1. The van der Waals surface area contributed by atoms with Gasteiger partial charge >= 0.3 is 0 Å². The maximum Gasteiger partial charge on any atom is 0.107 e. The first-order valence-corrected chi connectivity index (χ1v) is 7.41. The Labute approximate surface area is 108 Å². The molecule has 1 heterocycles. The number of aryl methyl sites for hydroxylation is 1. The number of nitrogens with one attached hydrogen (secondary N) is 1. The minimum atomic E-state index is 0.785. The fraction of sp³-hybridized carbons (Fsp3) is 0.769. The van der Waals surface area contributed by atoms with Gasteiger partial charge in [0.15, 0.2) is 0 Å². The molecular formula is C13H23N3S. The molecular weight excluding hydrogens is 230 g/mol. The van der Waals surface area contributed by atoms with Crippen molar-refractivity contribution in [1.29, 1.82) is 0 Å². The Morgan fingerprint density at radius 2 is 2.06 bits per heavy atom. The second-order valence-corrected chi connectivity index (χ2v) is 6.44. The predicted octanol–water partition coefficient (Wildman–Crippen LogP) is 2.31. The molecule has 0 atom stereocenters. The summed E-state index contributed by atoms with van der Waals surface area (Å²) in [7, 11) is 0. The molecule has 17 heavy (non-hydrogen) atoms. The predicted molar refractivity (Wildman–Crippen MR) is 73.1 cm³/mol. The van der Waals surface area contributed by atoms with Gasteiger partial charge in [0.1, 0.15) is 5.01 Å². The Morgan fingerprint density at radius 1 is 1.35 bits per heavy atom. The van der Waals surface area contributed by atoms with E-state index in [0.29, 0.717) is 0 Å². The van der Waals surface area contributed by atoms with E-state index in [0.717, 1.165) is 31.5 Å². The zero-order valence-electron chi connectivity index (χ0n) is 10.6. The van der Waals surface area contributed by atoms with E-state index in [4.69, 9.17) is 5.73 Å². The summed E-state index contributed by atoms with van der Waals surface area (Å²) in [6.07, 6.45) is 7.27. The van der Waals surface area contributed by atoms with Crippen LogP contribution in [0.5, 0.6) is 0 Å². The van der Waals surface area contributed by atoms with Crippen LogP contribution in [0.3, 0.4) is 0 Å². The van der Waals surface area contributed by atoms with Crippen LogP contribution in [0.25, 0.3) is 0 Å². The molecule has 0 unspecified atom stereocenters. The smallest absolute Gasteiger partial charge is 0.107 e. The maximum absolute atomic E-state index is 5.70. The topological polar surface area (TPSA) is 50.9 Å². The maximum atomic E-state index is 5.70. The molecule has 4 heteroatoms. The molecule has 96 valence electrons. The van der Waals surface area contributed by atoms with Gasteiger partial charge in [-0.15, -0.1) is 11.3 Å². The Hall–Kier alpha value is -0.450. The number of rotatable bonds is 5. The Kier molecular flexibility index (Phi) is 4.95. The van der Waals surface area contributed by atoms with Gasteiger partial charge < -0.3 is 11.1 Å². The van der Waals surface area contributed by atoms with Gasteiger partial charge in [-0.1, -0.05) is 0 Å². The van der Waals surface area contributed by atoms with Gasteiger partial charge in [0.25, 0.3) is 0 Å². The lowest BCUT2D eigenvalue weighted by Crippen LogP contribution is -2.28. The minimum Gasteiger partial charge on any atom is -0.330 e. The molecule has 0 amide bonds. The van der Waals surface area contributed by atoms with Crippen molar-refractivity contribution in [3.8, 4) is 0 Å².